The first-order valence-corrected chi connectivity index (χ1v) is 11.1. The second kappa shape index (κ2) is 8.67. The molecule has 172 valence electrons. The van der Waals surface area contributed by atoms with Crippen LogP contribution in [0.15, 0.2) is 66.7 Å². The number of amides is 3. The van der Waals surface area contributed by atoms with Gasteiger partial charge in [-0.1, -0.05) is 36.4 Å². The van der Waals surface area contributed by atoms with E-state index >= 15 is 0 Å². The fraction of sp³-hybridized carbons (Fsp3) is 0.222. The monoisotopic (exact) mass is 456 g/mol. The first-order chi connectivity index (χ1) is 16.5. The van der Waals surface area contributed by atoms with Crippen LogP contribution in [0.4, 0.5) is 0 Å². The van der Waals surface area contributed by atoms with Gasteiger partial charge in [0.25, 0.3) is 17.7 Å². The van der Waals surface area contributed by atoms with Crippen LogP contribution in [-0.2, 0) is 6.42 Å². The summed E-state index contributed by atoms with van der Waals surface area (Å²) in [6.07, 6.45) is 0.682. The van der Waals surface area contributed by atoms with Gasteiger partial charge in [-0.05, 0) is 41.8 Å². The normalized spacial score (nSPS) is 16.8. The van der Waals surface area contributed by atoms with Crippen molar-refractivity contribution in [2.24, 2.45) is 0 Å². The van der Waals surface area contributed by atoms with E-state index in [-0.39, 0.29) is 24.3 Å². The molecule has 2 aliphatic heterocycles. The predicted molar refractivity (Wildman–Crippen MR) is 125 cm³/mol. The van der Waals surface area contributed by atoms with Crippen molar-refractivity contribution in [3.63, 3.8) is 0 Å². The van der Waals surface area contributed by atoms with Crippen molar-refractivity contribution >= 4 is 17.7 Å². The van der Waals surface area contributed by atoms with Gasteiger partial charge in [0.2, 0.25) is 0 Å². The molecule has 7 nitrogen and oxygen atoms in total. The third-order valence-electron chi connectivity index (χ3n) is 6.51. The van der Waals surface area contributed by atoms with Crippen molar-refractivity contribution in [3.05, 3.63) is 94.5 Å². The highest BCUT2D eigenvalue weighted by Crippen LogP contribution is 2.35. The molecule has 2 aliphatic rings. The van der Waals surface area contributed by atoms with Gasteiger partial charge in [-0.3, -0.25) is 19.3 Å². The highest BCUT2D eigenvalue weighted by atomic mass is 16.5. The van der Waals surface area contributed by atoms with Crippen molar-refractivity contribution in [1.82, 2.24) is 9.80 Å². The van der Waals surface area contributed by atoms with Gasteiger partial charge in [-0.2, -0.15) is 0 Å². The van der Waals surface area contributed by atoms with Crippen LogP contribution in [0, 0.1) is 0 Å². The molecule has 0 saturated heterocycles. The van der Waals surface area contributed by atoms with E-state index in [1.165, 1.54) is 19.1 Å². The van der Waals surface area contributed by atoms with Crippen LogP contribution in [0.3, 0.4) is 0 Å². The molecule has 0 N–H and O–H groups in total. The van der Waals surface area contributed by atoms with E-state index in [1.54, 1.807) is 47.4 Å². The van der Waals surface area contributed by atoms with E-state index in [4.69, 9.17) is 9.47 Å². The van der Waals surface area contributed by atoms with Gasteiger partial charge >= 0.3 is 0 Å². The molecule has 3 aromatic rings. The van der Waals surface area contributed by atoms with Crippen LogP contribution in [0.2, 0.25) is 0 Å². The van der Waals surface area contributed by atoms with Gasteiger partial charge in [0.1, 0.15) is 11.5 Å². The van der Waals surface area contributed by atoms with Crippen molar-refractivity contribution in [1.29, 1.82) is 0 Å². The van der Waals surface area contributed by atoms with E-state index in [9.17, 15) is 14.4 Å². The molecule has 0 aromatic heterocycles. The van der Waals surface area contributed by atoms with Crippen LogP contribution < -0.4 is 9.47 Å². The SMILES string of the molecule is COc1cc(OC)cc(C(=O)N2CCc3ccccc3[C@@H]2CN2C(=O)c3ccccc3C2=O)c1. The number of fused-ring (bicyclic) bond motifs is 2. The maximum atomic E-state index is 13.7. The Bertz CT molecular complexity index is 1240. The zero-order valence-corrected chi connectivity index (χ0v) is 19.0. The molecule has 1 atom stereocenters. The molecular formula is C27H24N2O5. The quantitative estimate of drug-likeness (QED) is 0.547. The fourth-order valence-corrected chi connectivity index (χ4v) is 4.77. The van der Waals surface area contributed by atoms with E-state index in [1.807, 2.05) is 24.3 Å². The van der Waals surface area contributed by atoms with Gasteiger partial charge in [0.05, 0.1) is 37.9 Å². The molecule has 2 heterocycles. The van der Waals surface area contributed by atoms with Crippen molar-refractivity contribution in [2.45, 2.75) is 12.5 Å². The smallest absolute Gasteiger partial charge is 0.261 e. The number of imide groups is 1. The third kappa shape index (κ3) is 3.59. The molecule has 3 aromatic carbocycles. The lowest BCUT2D eigenvalue weighted by Crippen LogP contribution is -2.46. The number of rotatable bonds is 5. The van der Waals surface area contributed by atoms with Gasteiger partial charge < -0.3 is 14.4 Å². The third-order valence-corrected chi connectivity index (χ3v) is 6.51. The number of hydrogen-bond donors (Lipinski definition) is 0. The minimum Gasteiger partial charge on any atom is -0.497 e. The lowest BCUT2D eigenvalue weighted by Gasteiger charge is -2.39. The summed E-state index contributed by atoms with van der Waals surface area (Å²) in [5, 5.41) is 0. The number of nitrogens with zero attached hydrogens (tertiary/aromatic N) is 2. The van der Waals surface area contributed by atoms with Crippen LogP contribution in [-0.4, -0.2) is 54.8 Å². The van der Waals surface area contributed by atoms with Crippen LogP contribution in [0.1, 0.15) is 48.2 Å². The molecular weight excluding hydrogens is 432 g/mol. The van der Waals surface area contributed by atoms with Crippen LogP contribution in [0.25, 0.3) is 0 Å². The van der Waals surface area contributed by atoms with Crippen molar-refractivity contribution < 1.29 is 23.9 Å². The van der Waals surface area contributed by atoms with Crippen LogP contribution >= 0.6 is 0 Å². The first-order valence-electron chi connectivity index (χ1n) is 11.1. The van der Waals surface area contributed by atoms with Gasteiger partial charge in [0.15, 0.2) is 0 Å². The van der Waals surface area contributed by atoms with Crippen LogP contribution in [0.5, 0.6) is 11.5 Å². The Kier molecular flexibility index (Phi) is 5.53. The Morgan fingerprint density at radius 3 is 2.09 bits per heavy atom. The first kappa shape index (κ1) is 21.7. The summed E-state index contributed by atoms with van der Waals surface area (Å²) in [4.78, 5) is 42.9. The lowest BCUT2D eigenvalue weighted by molar-refractivity contribution is 0.0502. The van der Waals surface area contributed by atoms with E-state index in [2.05, 4.69) is 0 Å². The van der Waals surface area contributed by atoms with Crippen molar-refractivity contribution in [3.8, 4) is 11.5 Å². The number of ether oxygens (including phenoxy) is 2. The molecule has 0 radical (unpaired) electrons. The molecule has 0 bridgehead atoms. The number of carbonyl (C=O) groups is 3. The summed E-state index contributed by atoms with van der Waals surface area (Å²) >= 11 is 0. The second-order valence-corrected chi connectivity index (χ2v) is 8.33. The minimum absolute atomic E-state index is 0.0796. The average molecular weight is 456 g/mol. The topological polar surface area (TPSA) is 76.2 Å². The van der Waals surface area contributed by atoms with Gasteiger partial charge in [-0.25, -0.2) is 0 Å². The van der Waals surface area contributed by atoms with E-state index in [0.29, 0.717) is 41.2 Å². The van der Waals surface area contributed by atoms with Gasteiger partial charge in [-0.15, -0.1) is 0 Å². The number of carbonyl (C=O) groups excluding carboxylic acids is 3. The lowest BCUT2D eigenvalue weighted by atomic mass is 9.91. The summed E-state index contributed by atoms with van der Waals surface area (Å²) in [7, 11) is 3.07. The Morgan fingerprint density at radius 1 is 0.882 bits per heavy atom. The maximum absolute atomic E-state index is 13.7. The Hall–Kier alpha value is -4.13. The standard InChI is InChI=1S/C27H24N2O5/c1-33-19-13-18(14-20(15-19)34-2)25(30)28-12-11-17-7-3-4-8-21(17)24(28)16-29-26(31)22-9-5-6-10-23(22)27(29)32/h3-10,13-15,24H,11-12,16H2,1-2H3/t24-/m0/s1. The van der Waals surface area contributed by atoms with E-state index < -0.39 is 6.04 Å². The van der Waals surface area contributed by atoms with Gasteiger partial charge in [0, 0.05) is 18.2 Å². The number of methoxy groups -OCH3 is 2. The Balaban J connectivity index is 1.53. The molecule has 0 unspecified atom stereocenters. The molecule has 5 rings (SSSR count). The molecule has 0 spiro atoms. The predicted octanol–water partition coefficient (Wildman–Crippen LogP) is 3.74. The number of benzene rings is 3. The summed E-state index contributed by atoms with van der Waals surface area (Å²) < 4.78 is 10.7. The summed E-state index contributed by atoms with van der Waals surface area (Å²) in [5.74, 6) is 0.139. The molecule has 7 heteroatoms. The van der Waals surface area contributed by atoms with E-state index in [0.717, 1.165) is 11.1 Å². The summed E-state index contributed by atoms with van der Waals surface area (Å²) in [6.45, 7) is 0.541. The zero-order chi connectivity index (χ0) is 23.8. The molecule has 0 saturated carbocycles. The maximum Gasteiger partial charge on any atom is 0.261 e. The number of hydrogen-bond acceptors (Lipinski definition) is 5. The minimum atomic E-state index is -0.475. The second-order valence-electron chi connectivity index (χ2n) is 8.33. The molecule has 3 amide bonds. The highest BCUT2D eigenvalue weighted by Gasteiger charge is 2.40. The summed E-state index contributed by atoms with van der Waals surface area (Å²) in [5.41, 5.74) is 3.26. The zero-order valence-electron chi connectivity index (χ0n) is 19.0. The van der Waals surface area contributed by atoms with Crippen molar-refractivity contribution in [2.75, 3.05) is 27.3 Å². The average Bonchev–Trinajstić information content (AvgIpc) is 3.13. The molecule has 0 fully saturated rings. The fourth-order valence-electron chi connectivity index (χ4n) is 4.77. The highest BCUT2D eigenvalue weighted by molar-refractivity contribution is 6.21. The molecule has 34 heavy (non-hydrogen) atoms. The largest absolute Gasteiger partial charge is 0.497 e. The molecule has 0 aliphatic carbocycles. The Morgan fingerprint density at radius 2 is 1.47 bits per heavy atom. The summed E-state index contributed by atoms with van der Waals surface area (Å²) in [6, 6.07) is 19.3. The Labute approximate surface area is 197 Å².